The highest BCUT2D eigenvalue weighted by Crippen LogP contribution is 2.19. The maximum absolute atomic E-state index is 12.5. The number of carbonyl (C=O) groups is 1. The van der Waals surface area contributed by atoms with E-state index in [9.17, 15) is 4.79 Å². The van der Waals surface area contributed by atoms with Crippen LogP contribution >= 0.6 is 0 Å². The minimum atomic E-state index is 0.0841. The lowest BCUT2D eigenvalue weighted by Gasteiger charge is -2.32. The summed E-state index contributed by atoms with van der Waals surface area (Å²) in [5.41, 5.74) is 3.35. The Morgan fingerprint density at radius 3 is 2.79 bits per heavy atom. The predicted molar refractivity (Wildman–Crippen MR) is 95.3 cm³/mol. The first kappa shape index (κ1) is 16.7. The normalized spacial score (nSPS) is 18.3. The van der Waals surface area contributed by atoms with Gasteiger partial charge in [-0.1, -0.05) is 36.4 Å². The van der Waals surface area contributed by atoms with Crippen LogP contribution in [0.15, 0.2) is 48.7 Å². The molecule has 4 nitrogen and oxygen atoms in total. The summed E-state index contributed by atoms with van der Waals surface area (Å²) in [5.74, 6) is 0.245. The molecule has 1 fully saturated rings. The molecule has 0 saturated carbocycles. The lowest BCUT2D eigenvalue weighted by molar-refractivity contribution is -0.126. The van der Waals surface area contributed by atoms with E-state index in [-0.39, 0.29) is 11.8 Å². The number of aromatic nitrogens is 1. The lowest BCUT2D eigenvalue weighted by Crippen LogP contribution is -2.42. The number of benzene rings is 1. The van der Waals surface area contributed by atoms with Gasteiger partial charge in [-0.15, -0.1) is 0 Å². The predicted octanol–water partition coefficient (Wildman–Crippen LogP) is 2.92. The van der Waals surface area contributed by atoms with E-state index in [4.69, 9.17) is 0 Å². The van der Waals surface area contributed by atoms with Gasteiger partial charge in [0.05, 0.1) is 5.92 Å². The number of hydrogen-bond donors (Lipinski definition) is 1. The Morgan fingerprint density at radius 2 is 2.04 bits per heavy atom. The van der Waals surface area contributed by atoms with E-state index in [2.05, 4.69) is 39.5 Å². The van der Waals surface area contributed by atoms with E-state index in [1.165, 1.54) is 5.56 Å². The number of rotatable bonds is 5. The first-order chi connectivity index (χ1) is 11.7. The second-order valence-electron chi connectivity index (χ2n) is 6.59. The second kappa shape index (κ2) is 8.06. The lowest BCUT2D eigenvalue weighted by atomic mass is 9.96. The molecule has 1 aromatic carbocycles. The Labute approximate surface area is 143 Å². The van der Waals surface area contributed by atoms with Crippen LogP contribution < -0.4 is 5.32 Å². The van der Waals surface area contributed by atoms with Crippen molar-refractivity contribution < 1.29 is 4.79 Å². The third-order valence-corrected chi connectivity index (χ3v) is 4.56. The molecule has 1 saturated heterocycles. The quantitative estimate of drug-likeness (QED) is 0.920. The second-order valence-corrected chi connectivity index (χ2v) is 6.59. The van der Waals surface area contributed by atoms with Gasteiger partial charge in [0.15, 0.2) is 0 Å². The molecule has 1 N–H and O–H groups in total. The highest BCUT2D eigenvalue weighted by Gasteiger charge is 2.25. The molecule has 3 rings (SSSR count). The van der Waals surface area contributed by atoms with Gasteiger partial charge >= 0.3 is 0 Å². The van der Waals surface area contributed by atoms with Crippen LogP contribution in [0.1, 0.15) is 29.7 Å². The number of amides is 1. The van der Waals surface area contributed by atoms with Gasteiger partial charge in [-0.3, -0.25) is 14.7 Å². The first-order valence-corrected chi connectivity index (χ1v) is 8.66. The van der Waals surface area contributed by atoms with Gasteiger partial charge in [-0.2, -0.15) is 0 Å². The number of nitrogens with zero attached hydrogens (tertiary/aromatic N) is 2. The van der Waals surface area contributed by atoms with Crippen molar-refractivity contribution in [2.75, 3.05) is 13.1 Å². The number of hydrogen-bond acceptors (Lipinski definition) is 3. The minimum absolute atomic E-state index is 0.0841. The molecule has 4 heteroatoms. The summed E-state index contributed by atoms with van der Waals surface area (Å²) in [6.45, 7) is 5.35. The summed E-state index contributed by atoms with van der Waals surface area (Å²) in [6.07, 6.45) is 3.89. The molecule has 0 spiro atoms. The van der Waals surface area contributed by atoms with E-state index in [1.807, 2.05) is 31.3 Å². The fourth-order valence-electron chi connectivity index (χ4n) is 3.19. The van der Waals surface area contributed by atoms with Crippen LogP contribution in [0.3, 0.4) is 0 Å². The van der Waals surface area contributed by atoms with E-state index < -0.39 is 0 Å². The largest absolute Gasteiger partial charge is 0.352 e. The minimum Gasteiger partial charge on any atom is -0.352 e. The molecular weight excluding hydrogens is 298 g/mol. The molecule has 0 aliphatic carbocycles. The Kier molecular flexibility index (Phi) is 5.59. The SMILES string of the molecule is Cc1ccc(CNC(=O)[C@@H]2CCCN(Cc3ccccc3)C2)cn1. The van der Waals surface area contributed by atoms with Crippen LogP contribution in [0.25, 0.3) is 0 Å². The van der Waals surface area contributed by atoms with E-state index in [0.29, 0.717) is 6.54 Å². The van der Waals surface area contributed by atoms with Crippen LogP contribution in [0.5, 0.6) is 0 Å². The maximum atomic E-state index is 12.5. The number of likely N-dealkylation sites (tertiary alicyclic amines) is 1. The number of pyridine rings is 1. The Hall–Kier alpha value is -2.20. The third-order valence-electron chi connectivity index (χ3n) is 4.56. The molecule has 1 aliphatic rings. The first-order valence-electron chi connectivity index (χ1n) is 8.66. The van der Waals surface area contributed by atoms with E-state index >= 15 is 0 Å². The van der Waals surface area contributed by atoms with Crippen molar-refractivity contribution in [1.29, 1.82) is 0 Å². The van der Waals surface area contributed by atoms with Gasteiger partial charge < -0.3 is 5.32 Å². The summed E-state index contributed by atoms with van der Waals surface area (Å²) in [7, 11) is 0. The Morgan fingerprint density at radius 1 is 1.21 bits per heavy atom. The molecule has 1 aromatic heterocycles. The van der Waals surface area contributed by atoms with Crippen LogP contribution in [0, 0.1) is 12.8 Å². The molecule has 126 valence electrons. The van der Waals surface area contributed by atoms with Crippen LogP contribution in [0.4, 0.5) is 0 Å². The smallest absolute Gasteiger partial charge is 0.224 e. The molecule has 2 aromatic rings. The summed E-state index contributed by atoms with van der Waals surface area (Å²) >= 11 is 0. The highest BCUT2D eigenvalue weighted by molar-refractivity contribution is 5.78. The van der Waals surface area contributed by atoms with Gasteiger partial charge in [0.2, 0.25) is 5.91 Å². The van der Waals surface area contributed by atoms with Gasteiger partial charge in [-0.05, 0) is 43.5 Å². The maximum Gasteiger partial charge on any atom is 0.224 e. The average Bonchev–Trinajstić information content (AvgIpc) is 2.62. The van der Waals surface area contributed by atoms with Crippen LogP contribution in [-0.4, -0.2) is 28.9 Å². The van der Waals surface area contributed by atoms with Crippen molar-refractivity contribution in [2.45, 2.75) is 32.9 Å². The fraction of sp³-hybridized carbons (Fsp3) is 0.400. The van der Waals surface area contributed by atoms with Gasteiger partial charge in [0, 0.05) is 31.5 Å². The molecule has 24 heavy (non-hydrogen) atoms. The Balaban J connectivity index is 1.50. The summed E-state index contributed by atoms with van der Waals surface area (Å²) < 4.78 is 0. The molecule has 1 atom stereocenters. The van der Waals surface area contributed by atoms with Gasteiger partial charge in [0.25, 0.3) is 0 Å². The number of piperidine rings is 1. The summed E-state index contributed by atoms with van der Waals surface area (Å²) in [5, 5.41) is 3.07. The average molecular weight is 323 g/mol. The standard InChI is InChI=1S/C20H25N3O/c1-16-9-10-18(12-21-16)13-22-20(24)19-8-5-11-23(15-19)14-17-6-3-2-4-7-17/h2-4,6-7,9-10,12,19H,5,8,11,13-15H2,1H3,(H,22,24)/t19-/m1/s1. The molecule has 0 radical (unpaired) electrons. The Bertz CT molecular complexity index is 654. The zero-order valence-corrected chi connectivity index (χ0v) is 14.2. The topological polar surface area (TPSA) is 45.2 Å². The van der Waals surface area contributed by atoms with E-state index in [0.717, 1.165) is 43.7 Å². The number of aryl methyl sites for hydroxylation is 1. The van der Waals surface area contributed by atoms with Crippen molar-refractivity contribution in [3.8, 4) is 0 Å². The number of carbonyl (C=O) groups excluding carboxylic acids is 1. The summed E-state index contributed by atoms with van der Waals surface area (Å²) in [4.78, 5) is 19.1. The zero-order valence-electron chi connectivity index (χ0n) is 14.2. The third kappa shape index (κ3) is 4.65. The van der Waals surface area contributed by atoms with Crippen molar-refractivity contribution >= 4 is 5.91 Å². The zero-order chi connectivity index (χ0) is 16.8. The van der Waals surface area contributed by atoms with E-state index in [1.54, 1.807) is 0 Å². The molecule has 0 bridgehead atoms. The monoisotopic (exact) mass is 323 g/mol. The fourth-order valence-corrected chi connectivity index (χ4v) is 3.19. The van der Waals surface area contributed by atoms with Crippen molar-refractivity contribution in [3.05, 3.63) is 65.5 Å². The van der Waals surface area contributed by atoms with Gasteiger partial charge in [0.1, 0.15) is 0 Å². The molecule has 1 aliphatic heterocycles. The molecule has 1 amide bonds. The van der Waals surface area contributed by atoms with Crippen molar-refractivity contribution in [2.24, 2.45) is 5.92 Å². The molecular formula is C20H25N3O. The van der Waals surface area contributed by atoms with Crippen molar-refractivity contribution in [1.82, 2.24) is 15.2 Å². The summed E-state index contributed by atoms with van der Waals surface area (Å²) in [6, 6.07) is 14.5. The number of nitrogens with one attached hydrogen (secondary N) is 1. The van der Waals surface area contributed by atoms with Gasteiger partial charge in [-0.25, -0.2) is 0 Å². The van der Waals surface area contributed by atoms with Crippen LogP contribution in [0.2, 0.25) is 0 Å². The van der Waals surface area contributed by atoms with Crippen LogP contribution in [-0.2, 0) is 17.9 Å². The molecule has 0 unspecified atom stereocenters. The molecule has 2 heterocycles. The van der Waals surface area contributed by atoms with Crippen molar-refractivity contribution in [3.63, 3.8) is 0 Å². The highest BCUT2D eigenvalue weighted by atomic mass is 16.1.